The average molecular weight is 212 g/mol. The van der Waals surface area contributed by atoms with Crippen molar-refractivity contribution in [3.05, 3.63) is 0 Å². The Morgan fingerprint density at radius 2 is 2.40 bits per heavy atom. The number of nitrogens with zero attached hydrogens (tertiary/aromatic N) is 1. The van der Waals surface area contributed by atoms with Gasteiger partial charge in [0, 0.05) is 6.54 Å². The highest BCUT2D eigenvalue weighted by molar-refractivity contribution is 5.82. The Balaban J connectivity index is 2.04. The van der Waals surface area contributed by atoms with Crippen molar-refractivity contribution in [1.82, 2.24) is 4.90 Å². The van der Waals surface area contributed by atoms with Crippen LogP contribution in [0.5, 0.6) is 0 Å². The Bertz CT molecular complexity index is 245. The van der Waals surface area contributed by atoms with E-state index in [1.807, 2.05) is 11.8 Å². The molecule has 1 aliphatic heterocycles. The highest BCUT2D eigenvalue weighted by Crippen LogP contribution is 2.29. The van der Waals surface area contributed by atoms with Crippen molar-refractivity contribution >= 4 is 5.91 Å². The van der Waals surface area contributed by atoms with Gasteiger partial charge in [-0.25, -0.2) is 0 Å². The molecule has 3 atom stereocenters. The average Bonchev–Trinajstić information content (AvgIpc) is 2.74. The second-order valence-corrected chi connectivity index (χ2v) is 4.45. The van der Waals surface area contributed by atoms with Crippen LogP contribution < -0.4 is 5.73 Å². The molecule has 1 saturated heterocycles. The molecule has 2 rings (SSSR count). The molecule has 0 aromatic rings. The fourth-order valence-electron chi connectivity index (χ4n) is 2.59. The van der Waals surface area contributed by atoms with Gasteiger partial charge in [0.1, 0.15) is 0 Å². The molecule has 0 spiro atoms. The standard InChI is InChI=1S/C11H20N2O2/c1-2-8(12)11(14)13-6-7-15-10-5-3-4-9(10)13/h8-10H,2-7,12H2,1H3/t8-,9?,10?/m1/s1. The number of carbonyl (C=O) groups is 1. The second-order valence-electron chi connectivity index (χ2n) is 4.45. The molecule has 1 aliphatic carbocycles. The molecule has 0 aromatic carbocycles. The molecular formula is C11H20N2O2. The fourth-order valence-corrected chi connectivity index (χ4v) is 2.59. The van der Waals surface area contributed by atoms with Crippen molar-refractivity contribution in [2.45, 2.75) is 50.8 Å². The number of carbonyl (C=O) groups excluding carboxylic acids is 1. The molecule has 2 aliphatic rings. The Labute approximate surface area is 90.8 Å². The van der Waals surface area contributed by atoms with Gasteiger partial charge in [-0.15, -0.1) is 0 Å². The van der Waals surface area contributed by atoms with E-state index in [2.05, 4.69) is 0 Å². The van der Waals surface area contributed by atoms with Crippen LogP contribution in [0.15, 0.2) is 0 Å². The van der Waals surface area contributed by atoms with Crippen LogP contribution in [-0.4, -0.2) is 42.1 Å². The first-order chi connectivity index (χ1) is 7.24. The summed E-state index contributed by atoms with van der Waals surface area (Å²) in [5, 5.41) is 0. The fraction of sp³-hybridized carbons (Fsp3) is 0.909. The minimum Gasteiger partial charge on any atom is -0.374 e. The maximum Gasteiger partial charge on any atom is 0.239 e. The van der Waals surface area contributed by atoms with Crippen molar-refractivity contribution < 1.29 is 9.53 Å². The monoisotopic (exact) mass is 212 g/mol. The smallest absolute Gasteiger partial charge is 0.239 e. The Kier molecular flexibility index (Phi) is 3.26. The minimum absolute atomic E-state index is 0.109. The molecule has 86 valence electrons. The lowest BCUT2D eigenvalue weighted by atomic mass is 10.1. The zero-order valence-electron chi connectivity index (χ0n) is 9.32. The van der Waals surface area contributed by atoms with E-state index in [1.165, 1.54) is 6.42 Å². The highest BCUT2D eigenvalue weighted by Gasteiger charge is 2.39. The molecule has 4 heteroatoms. The summed E-state index contributed by atoms with van der Waals surface area (Å²) < 4.78 is 5.66. The summed E-state index contributed by atoms with van der Waals surface area (Å²) in [5.74, 6) is 0.109. The number of fused-ring (bicyclic) bond motifs is 1. The van der Waals surface area contributed by atoms with E-state index in [0.29, 0.717) is 25.6 Å². The van der Waals surface area contributed by atoms with Crippen molar-refractivity contribution in [2.75, 3.05) is 13.2 Å². The van der Waals surface area contributed by atoms with Gasteiger partial charge in [-0.1, -0.05) is 6.92 Å². The van der Waals surface area contributed by atoms with Crippen molar-refractivity contribution in [3.63, 3.8) is 0 Å². The molecule has 1 saturated carbocycles. The molecular weight excluding hydrogens is 192 g/mol. The van der Waals surface area contributed by atoms with Gasteiger partial charge in [-0.2, -0.15) is 0 Å². The first kappa shape index (κ1) is 10.9. The molecule has 15 heavy (non-hydrogen) atoms. The normalized spacial score (nSPS) is 32.5. The van der Waals surface area contributed by atoms with Crippen LogP contribution in [0.25, 0.3) is 0 Å². The van der Waals surface area contributed by atoms with Crippen LogP contribution in [0.1, 0.15) is 32.6 Å². The van der Waals surface area contributed by atoms with Gasteiger partial charge in [-0.3, -0.25) is 4.79 Å². The minimum atomic E-state index is -0.329. The van der Waals surface area contributed by atoms with Crippen LogP contribution >= 0.6 is 0 Å². The van der Waals surface area contributed by atoms with Crippen LogP contribution in [0, 0.1) is 0 Å². The van der Waals surface area contributed by atoms with Crippen molar-refractivity contribution in [3.8, 4) is 0 Å². The van der Waals surface area contributed by atoms with Gasteiger partial charge < -0.3 is 15.4 Å². The number of hydrogen-bond donors (Lipinski definition) is 1. The third-order valence-corrected chi connectivity index (χ3v) is 3.52. The first-order valence-corrected chi connectivity index (χ1v) is 5.91. The highest BCUT2D eigenvalue weighted by atomic mass is 16.5. The lowest BCUT2D eigenvalue weighted by molar-refractivity contribution is -0.145. The zero-order valence-corrected chi connectivity index (χ0v) is 9.32. The van der Waals surface area contributed by atoms with Crippen LogP contribution in [0.4, 0.5) is 0 Å². The summed E-state index contributed by atoms with van der Waals surface area (Å²) in [7, 11) is 0. The van der Waals surface area contributed by atoms with Crippen LogP contribution in [0.3, 0.4) is 0 Å². The molecule has 2 N–H and O–H groups in total. The van der Waals surface area contributed by atoms with E-state index >= 15 is 0 Å². The third kappa shape index (κ3) is 2.01. The van der Waals surface area contributed by atoms with E-state index in [1.54, 1.807) is 0 Å². The molecule has 1 amide bonds. The molecule has 1 heterocycles. The lowest BCUT2D eigenvalue weighted by Crippen LogP contribution is -2.55. The molecule has 0 aromatic heterocycles. The maximum absolute atomic E-state index is 12.0. The number of amides is 1. The number of ether oxygens (including phenoxy) is 1. The van der Waals surface area contributed by atoms with Gasteiger partial charge >= 0.3 is 0 Å². The van der Waals surface area contributed by atoms with Crippen molar-refractivity contribution in [1.29, 1.82) is 0 Å². The first-order valence-electron chi connectivity index (χ1n) is 5.91. The van der Waals surface area contributed by atoms with Gasteiger partial charge in [0.2, 0.25) is 5.91 Å². The molecule has 2 unspecified atom stereocenters. The predicted molar refractivity (Wildman–Crippen MR) is 57.4 cm³/mol. The maximum atomic E-state index is 12.0. The predicted octanol–water partition coefficient (Wildman–Crippen LogP) is 0.504. The van der Waals surface area contributed by atoms with E-state index in [-0.39, 0.29) is 18.1 Å². The molecule has 0 bridgehead atoms. The summed E-state index contributed by atoms with van der Waals surface area (Å²) in [5.41, 5.74) is 5.80. The number of nitrogens with two attached hydrogens (primary N) is 1. The number of hydrogen-bond acceptors (Lipinski definition) is 3. The topological polar surface area (TPSA) is 55.6 Å². The molecule has 2 fully saturated rings. The Morgan fingerprint density at radius 3 is 3.13 bits per heavy atom. The van der Waals surface area contributed by atoms with Gasteiger partial charge in [0.15, 0.2) is 0 Å². The van der Waals surface area contributed by atoms with E-state index < -0.39 is 0 Å². The molecule has 0 radical (unpaired) electrons. The number of rotatable bonds is 2. The Morgan fingerprint density at radius 1 is 1.60 bits per heavy atom. The van der Waals surface area contributed by atoms with Gasteiger partial charge in [0.25, 0.3) is 0 Å². The largest absolute Gasteiger partial charge is 0.374 e. The lowest BCUT2D eigenvalue weighted by Gasteiger charge is -2.38. The van der Waals surface area contributed by atoms with E-state index in [0.717, 1.165) is 12.8 Å². The summed E-state index contributed by atoms with van der Waals surface area (Å²) in [4.78, 5) is 14.0. The summed E-state index contributed by atoms with van der Waals surface area (Å²) >= 11 is 0. The van der Waals surface area contributed by atoms with Crippen LogP contribution in [0.2, 0.25) is 0 Å². The van der Waals surface area contributed by atoms with Crippen LogP contribution in [-0.2, 0) is 9.53 Å². The SMILES string of the molecule is CC[C@@H](N)C(=O)N1CCOC2CCCC21. The van der Waals surface area contributed by atoms with Crippen molar-refractivity contribution in [2.24, 2.45) is 5.73 Å². The van der Waals surface area contributed by atoms with E-state index in [9.17, 15) is 4.79 Å². The van der Waals surface area contributed by atoms with E-state index in [4.69, 9.17) is 10.5 Å². The van der Waals surface area contributed by atoms with Gasteiger partial charge in [-0.05, 0) is 25.7 Å². The van der Waals surface area contributed by atoms with Gasteiger partial charge in [0.05, 0.1) is 24.8 Å². The summed E-state index contributed by atoms with van der Waals surface area (Å²) in [6, 6.07) is -0.0341. The zero-order chi connectivity index (χ0) is 10.8. The third-order valence-electron chi connectivity index (χ3n) is 3.52. The number of morpholine rings is 1. The quantitative estimate of drug-likeness (QED) is 0.725. The summed E-state index contributed by atoms with van der Waals surface area (Å²) in [6.07, 6.45) is 4.32. The second kappa shape index (κ2) is 4.49. The molecule has 4 nitrogen and oxygen atoms in total. The summed E-state index contributed by atoms with van der Waals surface area (Å²) in [6.45, 7) is 3.34. The Hall–Kier alpha value is -0.610.